The van der Waals surface area contributed by atoms with Crippen LogP contribution in [-0.4, -0.2) is 24.4 Å². The molecule has 0 N–H and O–H groups in total. The Labute approximate surface area is 73.8 Å². The molecule has 0 aliphatic rings. The van der Waals surface area contributed by atoms with Crippen molar-refractivity contribution in [3.8, 4) is 0 Å². The van der Waals surface area contributed by atoms with Gasteiger partial charge in [0, 0.05) is 41.8 Å². The van der Waals surface area contributed by atoms with Crippen molar-refractivity contribution in [1.82, 2.24) is 0 Å². The van der Waals surface area contributed by atoms with Gasteiger partial charge in [0.25, 0.3) is 0 Å². The largest absolute Gasteiger partial charge is 4.00 e. The standard InChI is InChI=1S/Cr.2O.Sb.Ti/q;2*-2;;+4. The van der Waals surface area contributed by atoms with Crippen LogP contribution in [0, 0.1) is 0 Å². The predicted octanol–water partition coefficient (Wildman–Crippen LogP) is -0.623. The van der Waals surface area contributed by atoms with Crippen molar-refractivity contribution in [3.05, 3.63) is 0 Å². The Morgan fingerprint density at radius 1 is 0.800 bits per heavy atom. The van der Waals surface area contributed by atoms with E-state index in [0.717, 1.165) is 0 Å². The molecule has 0 bridgehead atoms. The minimum absolute atomic E-state index is 0. The van der Waals surface area contributed by atoms with Crippen molar-refractivity contribution in [2.24, 2.45) is 0 Å². The molecule has 0 amide bonds. The summed E-state index contributed by atoms with van der Waals surface area (Å²) in [7, 11) is 0. The molecule has 2 nitrogen and oxygen atoms in total. The molecule has 0 unspecified atom stereocenters. The van der Waals surface area contributed by atoms with Crippen LogP contribution in [-0.2, 0) is 50.0 Å². The van der Waals surface area contributed by atoms with Crippen molar-refractivity contribution in [3.63, 3.8) is 0 Å². The first kappa shape index (κ1) is 63.5. The van der Waals surface area contributed by atoms with E-state index >= 15 is 0 Å². The van der Waals surface area contributed by atoms with E-state index in [4.69, 9.17) is 0 Å². The van der Waals surface area contributed by atoms with E-state index in [0.29, 0.717) is 0 Å². The second-order valence-electron chi connectivity index (χ2n) is 0. The van der Waals surface area contributed by atoms with Crippen molar-refractivity contribution >= 4 is 24.4 Å². The van der Waals surface area contributed by atoms with Crippen molar-refractivity contribution in [2.45, 2.75) is 0 Å². The van der Waals surface area contributed by atoms with Gasteiger partial charge in [0.15, 0.2) is 0 Å². The zero-order valence-electron chi connectivity index (χ0n) is 2.17. The molecule has 3 radical (unpaired) electrons. The molecule has 27 valence electrons. The fourth-order valence-corrected chi connectivity index (χ4v) is 0. The van der Waals surface area contributed by atoms with Gasteiger partial charge in [-0.25, -0.2) is 0 Å². The van der Waals surface area contributed by atoms with Gasteiger partial charge < -0.3 is 11.0 Å². The van der Waals surface area contributed by atoms with Crippen molar-refractivity contribution < 1.29 is 50.0 Å². The van der Waals surface area contributed by atoms with Gasteiger partial charge >= 0.3 is 21.7 Å². The van der Waals surface area contributed by atoms with E-state index in [1.54, 1.807) is 0 Å². The second kappa shape index (κ2) is 37.7. The number of hydrogen-bond acceptors (Lipinski definition) is 0. The molecular formula is CrO2SbTi. The first-order valence-electron chi connectivity index (χ1n) is 0. The summed E-state index contributed by atoms with van der Waals surface area (Å²) in [6.45, 7) is 0. The van der Waals surface area contributed by atoms with Crippen LogP contribution in [0.1, 0.15) is 0 Å². The van der Waals surface area contributed by atoms with Gasteiger partial charge in [-0.15, -0.1) is 0 Å². The molecule has 0 heterocycles. The van der Waals surface area contributed by atoms with Gasteiger partial charge in [-0.05, 0) is 0 Å². The van der Waals surface area contributed by atoms with Gasteiger partial charge in [0.05, 0.1) is 0 Å². The minimum atomic E-state index is 0. The third-order valence-corrected chi connectivity index (χ3v) is 0. The Bertz CT molecular complexity index is 9.61. The molecule has 0 rings (SSSR count). The van der Waals surface area contributed by atoms with Gasteiger partial charge in [-0.3, -0.25) is 0 Å². The van der Waals surface area contributed by atoms with Crippen LogP contribution in [0.2, 0.25) is 0 Å². The molecule has 5 heavy (non-hydrogen) atoms. The molecule has 0 spiro atoms. The summed E-state index contributed by atoms with van der Waals surface area (Å²) >= 11 is 0. The summed E-state index contributed by atoms with van der Waals surface area (Å²) in [5, 5.41) is 0. The zero-order chi connectivity index (χ0) is 0. The summed E-state index contributed by atoms with van der Waals surface area (Å²) in [6, 6.07) is 0. The quantitative estimate of drug-likeness (QED) is 0.517. The van der Waals surface area contributed by atoms with Crippen LogP contribution in [0.4, 0.5) is 0 Å². The van der Waals surface area contributed by atoms with Crippen LogP contribution in [0.25, 0.3) is 0 Å². The van der Waals surface area contributed by atoms with Crippen LogP contribution >= 0.6 is 0 Å². The zero-order valence-corrected chi connectivity index (χ0v) is 7.56. The summed E-state index contributed by atoms with van der Waals surface area (Å²) < 4.78 is 0. The normalized spacial score (nSPS) is 0. The number of hydrogen-bond donors (Lipinski definition) is 0. The maximum Gasteiger partial charge on any atom is 4.00 e. The SMILES string of the molecule is [Cr].[O-2].[O-2].[Sb].[Ti+4]. The Hall–Kier alpha value is 1.98. The molecule has 0 saturated carbocycles. The molecule has 0 saturated heterocycles. The average Bonchev–Trinajstić information content (AvgIpc) is 0. The topological polar surface area (TPSA) is 57.0 Å². The molecule has 0 fully saturated rings. The third-order valence-electron chi connectivity index (χ3n) is 0. The van der Waals surface area contributed by atoms with Crippen LogP contribution < -0.4 is 0 Å². The first-order valence-corrected chi connectivity index (χ1v) is 0. The molecule has 0 atom stereocenters. The Balaban J connectivity index is 0. The Morgan fingerprint density at radius 2 is 0.800 bits per heavy atom. The maximum atomic E-state index is 0. The van der Waals surface area contributed by atoms with Crippen LogP contribution in [0.3, 0.4) is 0 Å². The van der Waals surface area contributed by atoms with E-state index in [1.165, 1.54) is 0 Å². The van der Waals surface area contributed by atoms with E-state index < -0.39 is 0 Å². The maximum absolute atomic E-state index is 0. The Morgan fingerprint density at radius 3 is 0.800 bits per heavy atom. The van der Waals surface area contributed by atoms with Crippen LogP contribution in [0.5, 0.6) is 0 Å². The minimum Gasteiger partial charge on any atom is -2.00 e. The molecule has 0 aliphatic heterocycles. The van der Waals surface area contributed by atoms with Crippen LogP contribution in [0.15, 0.2) is 0 Å². The fourth-order valence-electron chi connectivity index (χ4n) is 0. The van der Waals surface area contributed by atoms with Gasteiger partial charge in [-0.1, -0.05) is 0 Å². The molecule has 0 aliphatic carbocycles. The van der Waals surface area contributed by atoms with Crippen molar-refractivity contribution in [1.29, 1.82) is 0 Å². The third kappa shape index (κ3) is 24.1. The van der Waals surface area contributed by atoms with Gasteiger partial charge in [-0.2, -0.15) is 0 Å². The summed E-state index contributed by atoms with van der Waals surface area (Å²) in [5.74, 6) is 0. The van der Waals surface area contributed by atoms with Gasteiger partial charge in [0.2, 0.25) is 0 Å². The smallest absolute Gasteiger partial charge is 2.00 e. The monoisotopic (exact) mass is 253 g/mol. The van der Waals surface area contributed by atoms with Gasteiger partial charge in [0.1, 0.15) is 0 Å². The first-order chi connectivity index (χ1) is 0. The van der Waals surface area contributed by atoms with Crippen molar-refractivity contribution in [2.75, 3.05) is 0 Å². The molecule has 0 aromatic rings. The summed E-state index contributed by atoms with van der Waals surface area (Å²) in [5.41, 5.74) is 0. The van der Waals surface area contributed by atoms with E-state index in [-0.39, 0.29) is 74.5 Å². The van der Waals surface area contributed by atoms with E-state index in [2.05, 4.69) is 0 Å². The summed E-state index contributed by atoms with van der Waals surface area (Å²) in [6.07, 6.45) is 0. The second-order valence-corrected chi connectivity index (χ2v) is 0. The fraction of sp³-hybridized carbons (Fsp3) is 0. The Kier molecular flexibility index (Phi) is 479. The predicted molar refractivity (Wildman–Crippen MR) is 7.13 cm³/mol. The molecule has 0 aromatic heterocycles. The summed E-state index contributed by atoms with van der Waals surface area (Å²) in [4.78, 5) is 0. The molecule has 5 heteroatoms. The molecule has 0 aromatic carbocycles. The average molecular weight is 254 g/mol. The molecular weight excluding hydrogens is 254 g/mol. The van der Waals surface area contributed by atoms with E-state index in [1.807, 2.05) is 0 Å². The number of rotatable bonds is 0. The van der Waals surface area contributed by atoms with E-state index in [9.17, 15) is 0 Å².